The average molecular weight is 414 g/mol. The quantitative estimate of drug-likeness (QED) is 0.623. The van der Waals surface area contributed by atoms with Gasteiger partial charge in [0.15, 0.2) is 0 Å². The fourth-order valence-corrected chi connectivity index (χ4v) is 3.17. The zero-order valence-corrected chi connectivity index (χ0v) is 16.4. The van der Waals surface area contributed by atoms with E-state index in [2.05, 4.69) is 15.6 Å². The molecule has 1 saturated heterocycles. The van der Waals surface area contributed by atoms with Gasteiger partial charge in [-0.05, 0) is 60.7 Å². The number of hydrogen-bond acceptors (Lipinski definition) is 5. The Balaban J connectivity index is 1.39. The van der Waals surface area contributed by atoms with Gasteiger partial charge in [-0.2, -0.15) is 0 Å². The average Bonchev–Trinajstić information content (AvgIpc) is 3.13. The van der Waals surface area contributed by atoms with Crippen molar-refractivity contribution >= 4 is 40.7 Å². The van der Waals surface area contributed by atoms with Crippen LogP contribution in [0.1, 0.15) is 33.6 Å². The van der Waals surface area contributed by atoms with Crippen molar-refractivity contribution in [3.8, 4) is 0 Å². The van der Waals surface area contributed by atoms with E-state index in [1.165, 1.54) is 0 Å². The van der Waals surface area contributed by atoms with E-state index >= 15 is 0 Å². The molecule has 1 aliphatic rings. The number of benzene rings is 2. The van der Waals surface area contributed by atoms with E-state index < -0.39 is 0 Å². The molecule has 0 bridgehead atoms. The predicted molar refractivity (Wildman–Crippen MR) is 115 cm³/mol. The summed E-state index contributed by atoms with van der Waals surface area (Å²) in [5.74, 6) is -1.12. The van der Waals surface area contributed by atoms with Crippen molar-refractivity contribution < 1.29 is 19.2 Å². The van der Waals surface area contributed by atoms with Crippen molar-refractivity contribution in [3.63, 3.8) is 0 Å². The van der Waals surface area contributed by atoms with E-state index in [0.29, 0.717) is 28.2 Å². The number of hydrogen-bond donors (Lipinski definition) is 2. The van der Waals surface area contributed by atoms with Crippen LogP contribution < -0.4 is 15.5 Å². The molecular weight excluding hydrogens is 396 g/mol. The molecule has 0 spiro atoms. The molecule has 0 aliphatic carbocycles. The molecule has 0 saturated carbocycles. The van der Waals surface area contributed by atoms with E-state index in [1.807, 2.05) is 0 Å². The van der Waals surface area contributed by atoms with Gasteiger partial charge in [-0.15, -0.1) is 0 Å². The smallest absolute Gasteiger partial charge is 0.255 e. The van der Waals surface area contributed by atoms with Crippen LogP contribution in [0.3, 0.4) is 0 Å². The van der Waals surface area contributed by atoms with Gasteiger partial charge in [0, 0.05) is 35.9 Å². The summed E-state index contributed by atoms with van der Waals surface area (Å²) in [6.07, 6.45) is 3.58. The Morgan fingerprint density at radius 1 is 0.742 bits per heavy atom. The maximum Gasteiger partial charge on any atom is 0.255 e. The lowest BCUT2D eigenvalue weighted by atomic mass is 10.1. The summed E-state index contributed by atoms with van der Waals surface area (Å²) >= 11 is 0. The maximum atomic E-state index is 12.5. The Hall–Kier alpha value is -4.33. The number of amides is 4. The first kappa shape index (κ1) is 20.0. The van der Waals surface area contributed by atoms with E-state index in [-0.39, 0.29) is 36.5 Å². The van der Waals surface area contributed by atoms with Gasteiger partial charge in [-0.3, -0.25) is 29.1 Å². The second kappa shape index (κ2) is 8.58. The van der Waals surface area contributed by atoms with E-state index in [1.54, 1.807) is 73.1 Å². The van der Waals surface area contributed by atoms with Crippen molar-refractivity contribution in [2.45, 2.75) is 12.8 Å². The summed E-state index contributed by atoms with van der Waals surface area (Å²) in [6.45, 7) is 0. The lowest BCUT2D eigenvalue weighted by Gasteiger charge is -2.14. The Bertz CT molecular complexity index is 1130. The number of imide groups is 1. The number of rotatable bonds is 5. The SMILES string of the molecule is O=C(Nc1ccc(C(=O)Nc2cccnc2)cc1)c1ccc(N2C(=O)CCC2=O)cc1. The molecule has 2 heterocycles. The minimum Gasteiger partial charge on any atom is -0.322 e. The minimum atomic E-state index is -0.349. The summed E-state index contributed by atoms with van der Waals surface area (Å²) in [5, 5.41) is 5.49. The number of nitrogens with one attached hydrogen (secondary N) is 2. The van der Waals surface area contributed by atoms with Crippen molar-refractivity contribution in [2.75, 3.05) is 15.5 Å². The molecule has 1 fully saturated rings. The van der Waals surface area contributed by atoms with Gasteiger partial charge in [0.25, 0.3) is 11.8 Å². The van der Waals surface area contributed by atoms with Crippen LogP contribution in [0.15, 0.2) is 73.1 Å². The molecule has 31 heavy (non-hydrogen) atoms. The Morgan fingerprint density at radius 3 is 1.84 bits per heavy atom. The van der Waals surface area contributed by atoms with E-state index in [4.69, 9.17) is 0 Å². The summed E-state index contributed by atoms with van der Waals surface area (Å²) < 4.78 is 0. The van der Waals surface area contributed by atoms with Crippen LogP contribution >= 0.6 is 0 Å². The normalized spacial score (nSPS) is 13.2. The molecule has 0 radical (unpaired) electrons. The number of anilines is 3. The number of aromatic nitrogens is 1. The number of carbonyl (C=O) groups excluding carboxylic acids is 4. The van der Waals surface area contributed by atoms with Crippen LogP contribution in [0, 0.1) is 0 Å². The fourth-order valence-electron chi connectivity index (χ4n) is 3.17. The molecule has 0 unspecified atom stereocenters. The van der Waals surface area contributed by atoms with Crippen molar-refractivity contribution in [1.82, 2.24) is 4.98 Å². The topological polar surface area (TPSA) is 108 Å². The van der Waals surface area contributed by atoms with Gasteiger partial charge < -0.3 is 10.6 Å². The van der Waals surface area contributed by atoms with Gasteiger partial charge >= 0.3 is 0 Å². The molecule has 8 nitrogen and oxygen atoms in total. The van der Waals surface area contributed by atoms with Crippen molar-refractivity contribution in [1.29, 1.82) is 0 Å². The molecule has 1 aromatic heterocycles. The second-order valence-electron chi connectivity index (χ2n) is 6.90. The van der Waals surface area contributed by atoms with Crippen LogP contribution in [0.2, 0.25) is 0 Å². The second-order valence-corrected chi connectivity index (χ2v) is 6.90. The molecular formula is C23H18N4O4. The third kappa shape index (κ3) is 4.48. The Kier molecular flexibility index (Phi) is 5.53. The molecule has 3 aromatic rings. The van der Waals surface area contributed by atoms with Gasteiger partial charge in [-0.1, -0.05) is 0 Å². The highest BCUT2D eigenvalue weighted by Crippen LogP contribution is 2.23. The number of nitrogens with zero attached hydrogens (tertiary/aromatic N) is 2. The predicted octanol–water partition coefficient (Wildman–Crippen LogP) is 3.24. The largest absolute Gasteiger partial charge is 0.322 e. The van der Waals surface area contributed by atoms with Gasteiger partial charge in [-0.25, -0.2) is 0 Å². The molecule has 4 rings (SSSR count). The molecule has 1 aliphatic heterocycles. The third-order valence-corrected chi connectivity index (χ3v) is 4.76. The first-order valence-electron chi connectivity index (χ1n) is 9.60. The first-order chi connectivity index (χ1) is 15.0. The third-order valence-electron chi connectivity index (χ3n) is 4.76. The Morgan fingerprint density at radius 2 is 1.29 bits per heavy atom. The molecule has 2 aromatic carbocycles. The van der Waals surface area contributed by atoms with Crippen LogP contribution in [-0.2, 0) is 9.59 Å². The van der Waals surface area contributed by atoms with Gasteiger partial charge in [0.2, 0.25) is 11.8 Å². The zero-order chi connectivity index (χ0) is 21.8. The summed E-state index contributed by atoms with van der Waals surface area (Å²) in [6, 6.07) is 16.2. The zero-order valence-electron chi connectivity index (χ0n) is 16.4. The lowest BCUT2D eigenvalue weighted by molar-refractivity contribution is -0.121. The van der Waals surface area contributed by atoms with Crippen LogP contribution in [0.25, 0.3) is 0 Å². The monoisotopic (exact) mass is 414 g/mol. The van der Waals surface area contributed by atoms with Crippen molar-refractivity contribution in [3.05, 3.63) is 84.2 Å². The van der Waals surface area contributed by atoms with Crippen LogP contribution in [-0.4, -0.2) is 28.6 Å². The summed E-state index contributed by atoms with van der Waals surface area (Å²) in [5.41, 5.74) is 2.38. The highest BCUT2D eigenvalue weighted by atomic mass is 16.2. The number of carbonyl (C=O) groups is 4. The standard InChI is InChI=1S/C23H18N4O4/c28-20-11-12-21(29)27(20)19-9-5-16(6-10-19)22(30)25-17-7-3-15(4-8-17)23(31)26-18-2-1-13-24-14-18/h1-10,13-14H,11-12H2,(H,25,30)(H,26,31). The van der Waals surface area contributed by atoms with Crippen LogP contribution in [0.5, 0.6) is 0 Å². The molecule has 2 N–H and O–H groups in total. The number of pyridine rings is 1. The summed E-state index contributed by atoms with van der Waals surface area (Å²) in [4.78, 5) is 53.5. The molecule has 154 valence electrons. The fraction of sp³-hybridized carbons (Fsp3) is 0.0870. The minimum absolute atomic E-state index is 0.206. The highest BCUT2D eigenvalue weighted by Gasteiger charge is 2.30. The molecule has 8 heteroatoms. The lowest BCUT2D eigenvalue weighted by Crippen LogP contribution is -2.28. The summed E-state index contributed by atoms with van der Waals surface area (Å²) in [7, 11) is 0. The maximum absolute atomic E-state index is 12.5. The highest BCUT2D eigenvalue weighted by molar-refractivity contribution is 6.20. The molecule has 0 atom stereocenters. The first-order valence-corrected chi connectivity index (χ1v) is 9.60. The van der Waals surface area contributed by atoms with Gasteiger partial charge in [0.05, 0.1) is 17.6 Å². The molecule has 4 amide bonds. The van der Waals surface area contributed by atoms with Gasteiger partial charge in [0.1, 0.15) is 0 Å². The van der Waals surface area contributed by atoms with E-state index in [0.717, 1.165) is 4.90 Å². The van der Waals surface area contributed by atoms with E-state index in [9.17, 15) is 19.2 Å². The Labute approximate surface area is 177 Å². The van der Waals surface area contributed by atoms with Crippen LogP contribution in [0.4, 0.5) is 17.1 Å². The van der Waals surface area contributed by atoms with Crippen molar-refractivity contribution in [2.24, 2.45) is 0 Å².